The topological polar surface area (TPSA) is 141 Å². The number of ether oxygens (including phenoxy) is 2. The number of carbonyl (C=O) groups is 3. The third-order valence-corrected chi connectivity index (χ3v) is 9.53. The standard InChI is InChI=1S/C39H41N7O5/c1-24(37(48)51-39(2,3)4)45-20-27(46-23-43-33-34(41-22-42-35(33)46)44-36(47)25-12-6-5-7-13-25)18-26(45)19-40-38(49)50-21-32-30-16-10-8-14-28(30)29-15-9-11-17-31(29)32/h5-17,22-24,26-27,32H,18-21H2,1-4H3,(H,40,49)(H,41,42,44,47)/t24?,26-,27-/m1/s1. The van der Waals surface area contributed by atoms with Crippen molar-refractivity contribution in [3.63, 3.8) is 0 Å². The predicted octanol–water partition coefficient (Wildman–Crippen LogP) is 5.96. The Hall–Kier alpha value is -5.62. The molecule has 3 heterocycles. The van der Waals surface area contributed by atoms with Crippen molar-refractivity contribution >= 4 is 35.0 Å². The lowest BCUT2D eigenvalue weighted by molar-refractivity contribution is -0.161. The van der Waals surface area contributed by atoms with Gasteiger partial charge in [-0.25, -0.2) is 19.7 Å². The number of alkyl carbamates (subject to hydrolysis) is 1. The number of nitrogens with one attached hydrogen (secondary N) is 2. The SMILES string of the molecule is CC(C(=O)OC(C)(C)C)N1C[C@H](n2cnc3c(NC(=O)c4ccccc4)ncnc32)C[C@@H]1CNC(=O)OCC1c2ccccc2-c2ccccc21. The molecule has 2 aliphatic rings. The van der Waals surface area contributed by atoms with E-state index in [2.05, 4.69) is 49.9 Å². The first-order chi connectivity index (χ1) is 24.6. The molecule has 1 aliphatic carbocycles. The maximum atomic E-state index is 13.3. The van der Waals surface area contributed by atoms with E-state index in [0.717, 1.165) is 22.3 Å². The molecule has 7 rings (SSSR count). The van der Waals surface area contributed by atoms with E-state index in [1.54, 1.807) is 30.6 Å². The lowest BCUT2D eigenvalue weighted by Crippen LogP contribution is -2.48. The molecular formula is C39H41N7O5. The van der Waals surface area contributed by atoms with Crippen LogP contribution in [0.1, 0.15) is 67.6 Å². The summed E-state index contributed by atoms with van der Waals surface area (Å²) in [5.41, 5.74) is 5.45. The zero-order valence-electron chi connectivity index (χ0n) is 29.1. The molecule has 1 saturated heterocycles. The Labute approximate surface area is 296 Å². The number of likely N-dealkylation sites (tertiary alicyclic amines) is 1. The van der Waals surface area contributed by atoms with E-state index in [1.165, 1.54) is 6.33 Å². The fourth-order valence-corrected chi connectivity index (χ4v) is 7.15. The number of benzene rings is 3. The summed E-state index contributed by atoms with van der Waals surface area (Å²) < 4.78 is 13.5. The molecule has 2 N–H and O–H groups in total. The van der Waals surface area contributed by atoms with Crippen molar-refractivity contribution in [3.05, 3.63) is 108 Å². The normalized spacial score (nSPS) is 17.8. The lowest BCUT2D eigenvalue weighted by atomic mass is 9.98. The van der Waals surface area contributed by atoms with Gasteiger partial charge < -0.3 is 24.7 Å². The van der Waals surface area contributed by atoms with Gasteiger partial charge in [-0.15, -0.1) is 0 Å². The van der Waals surface area contributed by atoms with Crippen molar-refractivity contribution < 1.29 is 23.9 Å². The molecule has 3 atom stereocenters. The Morgan fingerprint density at radius 1 is 0.902 bits per heavy atom. The first-order valence-electron chi connectivity index (χ1n) is 17.2. The quantitative estimate of drug-likeness (QED) is 0.180. The summed E-state index contributed by atoms with van der Waals surface area (Å²) in [7, 11) is 0. The second-order valence-corrected chi connectivity index (χ2v) is 14.0. The minimum Gasteiger partial charge on any atom is -0.459 e. The lowest BCUT2D eigenvalue weighted by Gasteiger charge is -2.31. The van der Waals surface area contributed by atoms with Crippen LogP contribution >= 0.6 is 0 Å². The average Bonchev–Trinajstić information content (AvgIpc) is 3.83. The molecule has 0 bridgehead atoms. The van der Waals surface area contributed by atoms with Crippen molar-refractivity contribution in [2.24, 2.45) is 0 Å². The van der Waals surface area contributed by atoms with E-state index < -0.39 is 17.7 Å². The van der Waals surface area contributed by atoms with Crippen molar-refractivity contribution in [2.75, 3.05) is 25.0 Å². The monoisotopic (exact) mass is 687 g/mol. The van der Waals surface area contributed by atoms with Crippen LogP contribution in [0.2, 0.25) is 0 Å². The molecule has 5 aromatic rings. The third kappa shape index (κ3) is 7.04. The number of nitrogens with zero attached hydrogens (tertiary/aromatic N) is 5. The summed E-state index contributed by atoms with van der Waals surface area (Å²) in [4.78, 5) is 54.8. The van der Waals surface area contributed by atoms with Gasteiger partial charge in [0.05, 0.1) is 12.4 Å². The fourth-order valence-electron chi connectivity index (χ4n) is 7.15. The van der Waals surface area contributed by atoms with E-state index in [0.29, 0.717) is 35.5 Å². The van der Waals surface area contributed by atoms with Crippen LogP contribution in [0.25, 0.3) is 22.3 Å². The van der Waals surface area contributed by atoms with E-state index >= 15 is 0 Å². The largest absolute Gasteiger partial charge is 0.459 e. The summed E-state index contributed by atoms with van der Waals surface area (Å²) in [5.74, 6) is -0.402. The minimum absolute atomic E-state index is 0.0541. The number of fused-ring (bicyclic) bond motifs is 4. The Morgan fingerprint density at radius 2 is 1.57 bits per heavy atom. The van der Waals surface area contributed by atoms with Gasteiger partial charge in [-0.05, 0) is 68.5 Å². The second kappa shape index (κ2) is 13.9. The molecule has 2 amide bonds. The van der Waals surface area contributed by atoms with Crippen LogP contribution in [0.4, 0.5) is 10.6 Å². The highest BCUT2D eigenvalue weighted by Crippen LogP contribution is 2.44. The average molecular weight is 688 g/mol. The molecule has 1 fully saturated rings. The number of aromatic nitrogens is 4. The molecule has 51 heavy (non-hydrogen) atoms. The molecular weight excluding hydrogens is 646 g/mol. The minimum atomic E-state index is -0.655. The number of esters is 1. The van der Waals surface area contributed by atoms with Crippen LogP contribution in [0.5, 0.6) is 0 Å². The molecule has 0 spiro atoms. The Kier molecular flexibility index (Phi) is 9.26. The Balaban J connectivity index is 1.06. The highest BCUT2D eigenvalue weighted by molar-refractivity contribution is 6.06. The van der Waals surface area contributed by atoms with Crippen molar-refractivity contribution in [1.82, 2.24) is 29.7 Å². The molecule has 1 unspecified atom stereocenters. The van der Waals surface area contributed by atoms with Crippen LogP contribution in [0.3, 0.4) is 0 Å². The summed E-state index contributed by atoms with van der Waals surface area (Å²) in [6.45, 7) is 8.26. The summed E-state index contributed by atoms with van der Waals surface area (Å²) in [6.07, 6.45) is 3.13. The van der Waals surface area contributed by atoms with Gasteiger partial charge in [0.1, 0.15) is 24.6 Å². The number of rotatable bonds is 9. The van der Waals surface area contributed by atoms with Crippen LogP contribution < -0.4 is 10.6 Å². The van der Waals surface area contributed by atoms with E-state index in [4.69, 9.17) is 9.47 Å². The van der Waals surface area contributed by atoms with Gasteiger partial charge >= 0.3 is 12.1 Å². The highest BCUT2D eigenvalue weighted by Gasteiger charge is 2.40. The summed E-state index contributed by atoms with van der Waals surface area (Å²) in [5, 5.41) is 5.82. The Morgan fingerprint density at radius 3 is 2.25 bits per heavy atom. The fraction of sp³-hybridized carbons (Fsp3) is 0.333. The molecule has 12 heteroatoms. The Bertz CT molecular complexity index is 2030. The molecule has 2 aromatic heterocycles. The number of hydrogen-bond donors (Lipinski definition) is 2. The summed E-state index contributed by atoms with van der Waals surface area (Å²) >= 11 is 0. The van der Waals surface area contributed by atoms with Gasteiger partial charge in [-0.1, -0.05) is 66.7 Å². The van der Waals surface area contributed by atoms with Gasteiger partial charge in [-0.2, -0.15) is 0 Å². The van der Waals surface area contributed by atoms with E-state index in [1.807, 2.05) is 67.5 Å². The molecule has 3 aromatic carbocycles. The van der Waals surface area contributed by atoms with Gasteiger partial charge in [0.15, 0.2) is 17.0 Å². The molecule has 0 saturated carbocycles. The maximum Gasteiger partial charge on any atom is 0.407 e. The molecule has 0 radical (unpaired) electrons. The number of anilines is 1. The van der Waals surface area contributed by atoms with Crippen LogP contribution in [-0.2, 0) is 14.3 Å². The molecule has 262 valence electrons. The van der Waals surface area contributed by atoms with E-state index in [9.17, 15) is 14.4 Å². The highest BCUT2D eigenvalue weighted by atomic mass is 16.6. The van der Waals surface area contributed by atoms with E-state index in [-0.39, 0.29) is 43.0 Å². The maximum absolute atomic E-state index is 13.3. The van der Waals surface area contributed by atoms with Crippen molar-refractivity contribution in [3.8, 4) is 11.1 Å². The summed E-state index contributed by atoms with van der Waals surface area (Å²) in [6, 6.07) is 24.3. The zero-order valence-corrected chi connectivity index (χ0v) is 29.1. The van der Waals surface area contributed by atoms with Crippen molar-refractivity contribution in [1.29, 1.82) is 0 Å². The molecule has 1 aliphatic heterocycles. The molecule has 12 nitrogen and oxygen atoms in total. The van der Waals surface area contributed by atoms with Crippen LogP contribution in [0.15, 0.2) is 91.5 Å². The second-order valence-electron chi connectivity index (χ2n) is 14.0. The van der Waals surface area contributed by atoms with Crippen molar-refractivity contribution in [2.45, 2.75) is 63.8 Å². The number of imidazole rings is 1. The zero-order chi connectivity index (χ0) is 35.7. The van der Waals surface area contributed by atoms with Gasteiger partial charge in [0.2, 0.25) is 0 Å². The number of amides is 2. The van der Waals surface area contributed by atoms with Crippen LogP contribution in [0, 0.1) is 0 Å². The first kappa shape index (κ1) is 33.9. The number of hydrogen-bond acceptors (Lipinski definition) is 9. The van der Waals surface area contributed by atoms with Gasteiger partial charge in [-0.3, -0.25) is 14.5 Å². The number of carbonyl (C=O) groups excluding carboxylic acids is 3. The third-order valence-electron chi connectivity index (χ3n) is 9.53. The van der Waals surface area contributed by atoms with Crippen LogP contribution in [-0.4, -0.2) is 79.8 Å². The first-order valence-corrected chi connectivity index (χ1v) is 17.2. The van der Waals surface area contributed by atoms with Gasteiger partial charge in [0, 0.05) is 30.6 Å². The predicted molar refractivity (Wildman–Crippen MR) is 192 cm³/mol. The smallest absolute Gasteiger partial charge is 0.407 e. The van der Waals surface area contributed by atoms with Gasteiger partial charge in [0.25, 0.3) is 5.91 Å².